The number of ether oxygens (including phenoxy) is 1. The summed E-state index contributed by atoms with van der Waals surface area (Å²) in [6, 6.07) is 14.8. The molecule has 2 aromatic heterocycles. The largest absolute Gasteiger partial charge is 0.497 e. The first-order valence-corrected chi connectivity index (χ1v) is 10.3. The molecule has 0 saturated carbocycles. The minimum atomic E-state index is -0.627. The van der Waals surface area contributed by atoms with E-state index in [1.54, 1.807) is 31.4 Å². The van der Waals surface area contributed by atoms with Crippen molar-refractivity contribution in [3.05, 3.63) is 86.7 Å². The molecule has 1 amide bonds. The van der Waals surface area contributed by atoms with Gasteiger partial charge in [-0.05, 0) is 36.8 Å². The fraction of sp³-hybridized carbons (Fsp3) is 0.208. The summed E-state index contributed by atoms with van der Waals surface area (Å²) in [4.78, 5) is 46.9. The van der Waals surface area contributed by atoms with Crippen LogP contribution in [0.25, 0.3) is 22.4 Å². The van der Waals surface area contributed by atoms with Crippen molar-refractivity contribution in [1.29, 1.82) is 0 Å². The molecule has 168 valence electrons. The quantitative estimate of drug-likeness (QED) is 0.485. The molecule has 0 saturated heterocycles. The van der Waals surface area contributed by atoms with Gasteiger partial charge in [-0.25, -0.2) is 14.8 Å². The van der Waals surface area contributed by atoms with Gasteiger partial charge in [-0.1, -0.05) is 29.8 Å². The Hall–Kier alpha value is -4.27. The molecule has 33 heavy (non-hydrogen) atoms. The number of carbonyl (C=O) groups is 1. The zero-order valence-corrected chi connectivity index (χ0v) is 18.5. The van der Waals surface area contributed by atoms with E-state index in [4.69, 9.17) is 4.74 Å². The molecule has 0 fully saturated rings. The zero-order valence-electron chi connectivity index (χ0n) is 18.5. The standard InChI is InChI=1S/C24H23N5O4/c1-15-4-6-16(7-5-15)12-25-20(30)14-29-23(31)19-13-26-21(27-22(19)28(2)24(29)32)17-8-10-18(33-3)11-9-17/h4-11,13H,12,14H2,1-3H3,(H,25,30). The maximum absolute atomic E-state index is 13.0. The third kappa shape index (κ3) is 4.52. The number of aryl methyl sites for hydroxylation is 2. The van der Waals surface area contributed by atoms with Gasteiger partial charge in [-0.2, -0.15) is 0 Å². The maximum Gasteiger partial charge on any atom is 0.332 e. The van der Waals surface area contributed by atoms with E-state index in [1.807, 2.05) is 31.2 Å². The van der Waals surface area contributed by atoms with E-state index in [-0.39, 0.29) is 11.0 Å². The molecule has 0 radical (unpaired) electrons. The van der Waals surface area contributed by atoms with Gasteiger partial charge in [0.25, 0.3) is 5.56 Å². The molecule has 0 aliphatic carbocycles. The second-order valence-electron chi connectivity index (χ2n) is 7.65. The highest BCUT2D eigenvalue weighted by Crippen LogP contribution is 2.20. The summed E-state index contributed by atoms with van der Waals surface area (Å²) < 4.78 is 7.30. The molecular weight excluding hydrogens is 422 g/mol. The van der Waals surface area contributed by atoms with Crippen LogP contribution in [0.4, 0.5) is 0 Å². The monoisotopic (exact) mass is 445 g/mol. The van der Waals surface area contributed by atoms with Crippen molar-refractivity contribution in [2.75, 3.05) is 7.11 Å². The average molecular weight is 445 g/mol. The highest BCUT2D eigenvalue weighted by molar-refractivity contribution is 5.78. The van der Waals surface area contributed by atoms with Crippen LogP contribution in [-0.2, 0) is 24.9 Å². The van der Waals surface area contributed by atoms with E-state index in [2.05, 4.69) is 15.3 Å². The molecule has 2 heterocycles. The van der Waals surface area contributed by atoms with Gasteiger partial charge in [0.1, 0.15) is 17.7 Å². The van der Waals surface area contributed by atoms with Gasteiger partial charge < -0.3 is 10.1 Å². The van der Waals surface area contributed by atoms with Gasteiger partial charge in [0.05, 0.1) is 7.11 Å². The highest BCUT2D eigenvalue weighted by atomic mass is 16.5. The summed E-state index contributed by atoms with van der Waals surface area (Å²) in [5.41, 5.74) is 1.71. The smallest absolute Gasteiger partial charge is 0.332 e. The third-order valence-electron chi connectivity index (χ3n) is 5.34. The van der Waals surface area contributed by atoms with Crippen molar-refractivity contribution < 1.29 is 9.53 Å². The van der Waals surface area contributed by atoms with Gasteiger partial charge in [-0.3, -0.25) is 18.7 Å². The molecule has 0 spiro atoms. The number of hydrogen-bond donors (Lipinski definition) is 1. The SMILES string of the molecule is COc1ccc(-c2ncc3c(=O)n(CC(=O)NCc4ccc(C)cc4)c(=O)n(C)c3n2)cc1. The number of methoxy groups -OCH3 is 1. The van der Waals surface area contributed by atoms with E-state index in [1.165, 1.54) is 17.8 Å². The number of benzene rings is 2. The number of amides is 1. The molecule has 0 atom stereocenters. The highest BCUT2D eigenvalue weighted by Gasteiger charge is 2.16. The predicted octanol–water partition coefficient (Wildman–Crippen LogP) is 1.79. The van der Waals surface area contributed by atoms with Crippen LogP contribution >= 0.6 is 0 Å². The Kier molecular flexibility index (Phi) is 6.03. The van der Waals surface area contributed by atoms with E-state index < -0.39 is 23.7 Å². The number of nitrogens with zero attached hydrogens (tertiary/aromatic N) is 4. The number of rotatable bonds is 6. The van der Waals surface area contributed by atoms with Crippen LogP contribution in [-0.4, -0.2) is 32.1 Å². The Balaban J connectivity index is 1.61. The molecule has 4 aromatic rings. The first-order chi connectivity index (χ1) is 15.9. The van der Waals surface area contributed by atoms with Gasteiger partial charge >= 0.3 is 5.69 Å². The van der Waals surface area contributed by atoms with E-state index >= 15 is 0 Å². The van der Waals surface area contributed by atoms with Crippen molar-refractivity contribution in [2.45, 2.75) is 20.0 Å². The van der Waals surface area contributed by atoms with E-state index in [0.29, 0.717) is 23.7 Å². The van der Waals surface area contributed by atoms with Crippen molar-refractivity contribution in [1.82, 2.24) is 24.4 Å². The molecule has 4 rings (SSSR count). The molecule has 0 unspecified atom stereocenters. The van der Waals surface area contributed by atoms with Crippen molar-refractivity contribution in [3.63, 3.8) is 0 Å². The normalized spacial score (nSPS) is 10.9. The average Bonchev–Trinajstić information content (AvgIpc) is 2.84. The third-order valence-corrected chi connectivity index (χ3v) is 5.34. The molecule has 1 N–H and O–H groups in total. The second-order valence-corrected chi connectivity index (χ2v) is 7.65. The lowest BCUT2D eigenvalue weighted by molar-refractivity contribution is -0.121. The number of nitrogens with one attached hydrogen (secondary N) is 1. The van der Waals surface area contributed by atoms with Crippen molar-refractivity contribution in [2.24, 2.45) is 7.05 Å². The van der Waals surface area contributed by atoms with Crippen LogP contribution in [0.2, 0.25) is 0 Å². The number of carbonyl (C=O) groups excluding carboxylic acids is 1. The molecule has 0 bridgehead atoms. The lowest BCUT2D eigenvalue weighted by Gasteiger charge is -2.11. The van der Waals surface area contributed by atoms with Gasteiger partial charge in [-0.15, -0.1) is 0 Å². The van der Waals surface area contributed by atoms with Crippen molar-refractivity contribution >= 4 is 16.9 Å². The Morgan fingerprint density at radius 1 is 1.06 bits per heavy atom. The van der Waals surface area contributed by atoms with Gasteiger partial charge in [0, 0.05) is 25.4 Å². The first kappa shape index (κ1) is 21.9. The van der Waals surface area contributed by atoms with Crippen LogP contribution in [0, 0.1) is 6.92 Å². The number of aromatic nitrogens is 4. The fourth-order valence-electron chi connectivity index (χ4n) is 3.41. The molecular formula is C24H23N5O4. The van der Waals surface area contributed by atoms with E-state index in [0.717, 1.165) is 15.7 Å². The minimum Gasteiger partial charge on any atom is -0.497 e. The Labute approximate surface area is 189 Å². The number of hydrogen-bond acceptors (Lipinski definition) is 6. The van der Waals surface area contributed by atoms with Crippen molar-refractivity contribution in [3.8, 4) is 17.1 Å². The van der Waals surface area contributed by atoms with Crippen LogP contribution in [0.3, 0.4) is 0 Å². The number of fused-ring (bicyclic) bond motifs is 1. The summed E-state index contributed by atoms with van der Waals surface area (Å²) >= 11 is 0. The predicted molar refractivity (Wildman–Crippen MR) is 124 cm³/mol. The van der Waals surface area contributed by atoms with Crippen LogP contribution in [0.1, 0.15) is 11.1 Å². The topological polar surface area (TPSA) is 108 Å². The lowest BCUT2D eigenvalue weighted by Crippen LogP contribution is -2.43. The second kappa shape index (κ2) is 9.07. The van der Waals surface area contributed by atoms with E-state index in [9.17, 15) is 14.4 Å². The molecule has 9 nitrogen and oxygen atoms in total. The first-order valence-electron chi connectivity index (χ1n) is 10.3. The van der Waals surface area contributed by atoms with Gasteiger partial charge in [0.15, 0.2) is 11.5 Å². The van der Waals surface area contributed by atoms with Crippen LogP contribution in [0.5, 0.6) is 5.75 Å². The van der Waals surface area contributed by atoms with Gasteiger partial charge in [0.2, 0.25) is 5.91 Å². The zero-order chi connectivity index (χ0) is 23.5. The molecule has 2 aromatic carbocycles. The maximum atomic E-state index is 13.0. The Morgan fingerprint density at radius 2 is 1.76 bits per heavy atom. The summed E-state index contributed by atoms with van der Waals surface area (Å²) in [5, 5.41) is 2.89. The minimum absolute atomic E-state index is 0.153. The Morgan fingerprint density at radius 3 is 2.42 bits per heavy atom. The molecule has 9 heteroatoms. The summed E-state index contributed by atoms with van der Waals surface area (Å²) in [6.07, 6.45) is 1.38. The van der Waals surface area contributed by atoms with Crippen LogP contribution in [0.15, 0.2) is 64.3 Å². The molecule has 0 aliphatic heterocycles. The Bertz CT molecular complexity index is 1440. The lowest BCUT2D eigenvalue weighted by atomic mass is 10.1. The summed E-state index contributed by atoms with van der Waals surface area (Å²) in [5.74, 6) is 0.619. The summed E-state index contributed by atoms with van der Waals surface area (Å²) in [7, 11) is 3.08. The molecule has 0 aliphatic rings. The summed E-state index contributed by atoms with van der Waals surface area (Å²) in [6.45, 7) is 1.89. The van der Waals surface area contributed by atoms with Crippen LogP contribution < -0.4 is 21.3 Å². The fourth-order valence-corrected chi connectivity index (χ4v) is 3.41.